The molecule has 0 aromatic heterocycles. The van der Waals surface area contributed by atoms with Crippen LogP contribution in [0.25, 0.3) is 0 Å². The van der Waals surface area contributed by atoms with Crippen LogP contribution in [0.2, 0.25) is 0 Å². The monoisotopic (exact) mass is 712 g/mol. The summed E-state index contributed by atoms with van der Waals surface area (Å²) in [6.07, 6.45) is -3.39. The minimum Gasteiger partial charge on any atom is -0.392 e. The molecule has 0 radical (unpaired) electrons. The van der Waals surface area contributed by atoms with E-state index in [2.05, 4.69) is 10.6 Å². The number of nitrogens with zero attached hydrogens (tertiary/aromatic N) is 4. The van der Waals surface area contributed by atoms with Gasteiger partial charge in [-0.2, -0.15) is 0 Å². The molecule has 244 valence electrons. The van der Waals surface area contributed by atoms with Crippen LogP contribution in [0.1, 0.15) is 17.5 Å². The minimum absolute atomic E-state index is 0.0530. The molecule has 3 unspecified atom stereocenters. The van der Waals surface area contributed by atoms with E-state index in [4.69, 9.17) is 0 Å². The fourth-order valence-electron chi connectivity index (χ4n) is 9.99. The summed E-state index contributed by atoms with van der Waals surface area (Å²) >= 11 is 0. The lowest BCUT2D eigenvalue weighted by Gasteiger charge is -2.58. The average Bonchev–Trinajstić information content (AvgIpc) is 3.75. The van der Waals surface area contributed by atoms with Crippen molar-refractivity contribution in [1.29, 1.82) is 0 Å². The second-order valence-corrected chi connectivity index (χ2v) is 18.7. The Labute approximate surface area is 283 Å². The number of aliphatic hydroxyl groups is 3. The normalized spacial score (nSPS) is 44.7. The molecule has 10 heterocycles. The number of benzene rings is 2. The van der Waals surface area contributed by atoms with Gasteiger partial charge in [0, 0.05) is 31.9 Å². The van der Waals surface area contributed by atoms with Crippen molar-refractivity contribution in [2.75, 3.05) is 37.9 Å². The highest BCUT2D eigenvalue weighted by Gasteiger charge is 2.90. The molecule has 17 heteroatoms. The maximum Gasteiger partial charge on any atom is 0.265 e. The number of aliphatic hydroxyl groups excluding tert-OH is 3. The zero-order valence-electron chi connectivity index (χ0n) is 24.9. The van der Waals surface area contributed by atoms with Crippen LogP contribution in [-0.2, 0) is 30.0 Å². The van der Waals surface area contributed by atoms with Crippen LogP contribution in [-0.4, -0.2) is 124 Å². The molecule has 5 N–H and O–H groups in total. The number of carbonyl (C=O) groups excluding carboxylic acids is 4. The quantitative estimate of drug-likeness (QED) is 0.277. The van der Waals surface area contributed by atoms with E-state index < -0.39 is 79.7 Å². The van der Waals surface area contributed by atoms with Crippen LogP contribution in [0, 0.1) is 0 Å². The van der Waals surface area contributed by atoms with Gasteiger partial charge in [-0.1, -0.05) is 47.2 Å². The van der Waals surface area contributed by atoms with Crippen molar-refractivity contribution in [2.45, 2.75) is 55.2 Å². The molecule has 10 aliphatic heterocycles. The molecule has 0 saturated carbocycles. The van der Waals surface area contributed by atoms with E-state index in [1.54, 1.807) is 4.90 Å². The summed E-state index contributed by atoms with van der Waals surface area (Å²) in [7, 11) is 7.58. The second kappa shape index (κ2) is 8.49. The predicted octanol–water partition coefficient (Wildman–Crippen LogP) is 0.305. The van der Waals surface area contributed by atoms with Crippen molar-refractivity contribution >= 4 is 78.2 Å². The van der Waals surface area contributed by atoms with E-state index in [0.717, 1.165) is 27.2 Å². The fourth-order valence-corrected chi connectivity index (χ4v) is 17.3. The lowest BCUT2D eigenvalue weighted by molar-refractivity contribution is -0.169. The summed E-state index contributed by atoms with van der Waals surface area (Å²) < 4.78 is 0. The first-order chi connectivity index (χ1) is 22.5. The van der Waals surface area contributed by atoms with Gasteiger partial charge in [-0.25, -0.2) is 0 Å². The topological polar surface area (TPSA) is 166 Å². The van der Waals surface area contributed by atoms with Crippen molar-refractivity contribution < 1.29 is 34.5 Å². The SMILES string of the molecule is CN1C(=O)[C@@]23CC4([C@@]56c7ccccc7NC5N5C(=O)[C@]7(CO)SS[C@]5(C(=O)N7C)[C@H]6O)c5ccccc5NC4N2C(=O)[C@]1(CO)SS3. The van der Waals surface area contributed by atoms with Gasteiger partial charge in [0.2, 0.25) is 14.6 Å². The van der Waals surface area contributed by atoms with E-state index in [-0.39, 0.29) is 12.3 Å². The summed E-state index contributed by atoms with van der Waals surface area (Å²) in [5, 5.41) is 41.7. The Hall–Kier alpha value is -2.80. The van der Waals surface area contributed by atoms with E-state index in [1.807, 2.05) is 48.5 Å². The molecule has 0 aliphatic carbocycles. The zero-order chi connectivity index (χ0) is 32.7. The van der Waals surface area contributed by atoms with Crippen LogP contribution in [0.3, 0.4) is 0 Å². The molecule has 2 aromatic rings. The fraction of sp³-hybridized carbons (Fsp3) is 0.467. The summed E-state index contributed by atoms with van der Waals surface area (Å²) in [6, 6.07) is 15.0. The van der Waals surface area contributed by atoms with Gasteiger partial charge in [-0.3, -0.25) is 29.0 Å². The van der Waals surface area contributed by atoms with Crippen LogP contribution < -0.4 is 10.6 Å². The average molecular weight is 713 g/mol. The van der Waals surface area contributed by atoms with Crippen LogP contribution in [0.4, 0.5) is 11.4 Å². The number of para-hydroxylation sites is 2. The third-order valence-electron chi connectivity index (χ3n) is 12.1. The van der Waals surface area contributed by atoms with Gasteiger partial charge < -0.3 is 35.8 Å². The lowest BCUT2D eigenvalue weighted by atomic mass is 9.53. The van der Waals surface area contributed by atoms with Crippen LogP contribution in [0.5, 0.6) is 0 Å². The maximum absolute atomic E-state index is 14.7. The molecule has 2 aromatic carbocycles. The molecule has 13 nitrogen and oxygen atoms in total. The van der Waals surface area contributed by atoms with Crippen molar-refractivity contribution in [3.63, 3.8) is 0 Å². The lowest BCUT2D eigenvalue weighted by Crippen LogP contribution is -2.79. The van der Waals surface area contributed by atoms with Gasteiger partial charge in [-0.15, -0.1) is 0 Å². The summed E-state index contributed by atoms with van der Waals surface area (Å²) in [6.45, 7) is -1.21. The van der Waals surface area contributed by atoms with E-state index >= 15 is 0 Å². The molecule has 8 saturated heterocycles. The number of anilines is 2. The maximum atomic E-state index is 14.7. The van der Waals surface area contributed by atoms with Crippen LogP contribution in [0.15, 0.2) is 48.5 Å². The molecule has 9 atom stereocenters. The molecule has 47 heavy (non-hydrogen) atoms. The Bertz CT molecular complexity index is 1910. The number of hydrogen-bond donors (Lipinski definition) is 5. The number of rotatable bonds is 3. The highest BCUT2D eigenvalue weighted by molar-refractivity contribution is 8.78. The molecule has 4 amide bonds. The summed E-state index contributed by atoms with van der Waals surface area (Å²) in [4.78, 5) is 57.8. The van der Waals surface area contributed by atoms with Crippen molar-refractivity contribution in [2.24, 2.45) is 0 Å². The van der Waals surface area contributed by atoms with Gasteiger partial charge in [0.05, 0.1) is 24.0 Å². The molecule has 12 rings (SSSR count). The van der Waals surface area contributed by atoms with Crippen molar-refractivity contribution in [3.05, 3.63) is 59.7 Å². The second-order valence-electron chi connectivity index (χ2n) is 13.4. The number of piperazine rings is 2. The smallest absolute Gasteiger partial charge is 0.265 e. The van der Waals surface area contributed by atoms with Crippen LogP contribution >= 0.6 is 43.2 Å². The van der Waals surface area contributed by atoms with Gasteiger partial charge >= 0.3 is 0 Å². The van der Waals surface area contributed by atoms with Gasteiger partial charge in [0.15, 0.2) is 4.87 Å². The summed E-state index contributed by atoms with van der Waals surface area (Å²) in [5.74, 6) is -1.77. The Morgan fingerprint density at radius 2 is 1.28 bits per heavy atom. The Kier molecular flexibility index (Phi) is 5.26. The van der Waals surface area contributed by atoms with Crippen molar-refractivity contribution in [1.82, 2.24) is 19.6 Å². The molecule has 8 fully saturated rings. The molecule has 10 aliphatic rings. The van der Waals surface area contributed by atoms with E-state index in [9.17, 15) is 34.5 Å². The Balaban J connectivity index is 1.32. The predicted molar refractivity (Wildman–Crippen MR) is 176 cm³/mol. The highest BCUT2D eigenvalue weighted by Crippen LogP contribution is 2.78. The standard InChI is InChI=1S/C30H28N6O7S4/c1-33-21(40)26-11-25(14-7-3-5-9-16(14)31-19(25)35(26)22(41)27(33,12-37)45-44-26)29-15-8-4-6-10-17(15)32-20(29)36-23(42)28(13-38)34(2)24(43)30(36,18(29)39)47-46-28/h3-10,18-20,31-32,37-39H,11-13H2,1-2H3/t18-,19?,20?,25?,26-,27-,28-,29+,30-/m0/s1. The Morgan fingerprint density at radius 1 is 0.723 bits per heavy atom. The third kappa shape index (κ3) is 2.53. The number of amides is 4. The number of likely N-dealkylation sites (N-methyl/N-ethyl adjacent to an activating group) is 2. The first-order valence-electron chi connectivity index (χ1n) is 15.1. The third-order valence-corrected chi connectivity index (χ3v) is 19.3. The molecular formula is C30H28N6O7S4. The first-order valence-corrected chi connectivity index (χ1v) is 19.4. The zero-order valence-corrected chi connectivity index (χ0v) is 28.1. The van der Waals surface area contributed by atoms with Gasteiger partial charge in [0.25, 0.3) is 23.6 Å². The van der Waals surface area contributed by atoms with Gasteiger partial charge in [0.1, 0.15) is 18.4 Å². The van der Waals surface area contributed by atoms with E-state index in [1.165, 1.54) is 50.4 Å². The van der Waals surface area contributed by atoms with E-state index in [0.29, 0.717) is 16.9 Å². The summed E-state index contributed by atoms with van der Waals surface area (Å²) in [5.41, 5.74) is -0.00856. The minimum atomic E-state index is -1.78. The number of hydrogen-bond acceptors (Lipinski definition) is 13. The molecule has 4 bridgehead atoms. The first kappa shape index (κ1) is 29.1. The number of nitrogens with one attached hydrogen (secondary N) is 2. The van der Waals surface area contributed by atoms with Gasteiger partial charge in [-0.05, 0) is 55.6 Å². The molecule has 2 spiro atoms. The van der Waals surface area contributed by atoms with Crippen molar-refractivity contribution in [3.8, 4) is 0 Å². The molecular weight excluding hydrogens is 685 g/mol. The number of carbonyl (C=O) groups is 4. The largest absolute Gasteiger partial charge is 0.392 e. The number of fused-ring (bicyclic) bond motifs is 11. The highest BCUT2D eigenvalue weighted by atomic mass is 33.1. The Morgan fingerprint density at radius 3 is 1.96 bits per heavy atom.